The van der Waals surface area contributed by atoms with Gasteiger partial charge in [0, 0.05) is 17.1 Å². The Kier molecular flexibility index (Phi) is 2.93. The van der Waals surface area contributed by atoms with Gasteiger partial charge in [0.25, 0.3) is 0 Å². The summed E-state index contributed by atoms with van der Waals surface area (Å²) in [6, 6.07) is 4.21. The molecular weight excluding hydrogens is 311 g/mol. The number of aromatic amines is 1. The summed E-state index contributed by atoms with van der Waals surface area (Å²) in [5, 5.41) is 15.1. The van der Waals surface area contributed by atoms with E-state index in [1.807, 2.05) is 6.92 Å². The molecule has 0 atom stereocenters. The zero-order valence-electron chi connectivity index (χ0n) is 13.0. The van der Waals surface area contributed by atoms with E-state index in [1.165, 1.54) is 25.4 Å². The third-order valence-electron chi connectivity index (χ3n) is 4.18. The molecule has 24 heavy (non-hydrogen) atoms. The fourth-order valence-corrected chi connectivity index (χ4v) is 3.09. The Balaban J connectivity index is 2.11. The van der Waals surface area contributed by atoms with Crippen LogP contribution in [0.3, 0.4) is 0 Å². The molecule has 1 aromatic carbocycles. The van der Waals surface area contributed by atoms with Gasteiger partial charge in [0.15, 0.2) is 11.7 Å². The predicted molar refractivity (Wildman–Crippen MR) is 86.6 cm³/mol. The summed E-state index contributed by atoms with van der Waals surface area (Å²) in [6.07, 6.45) is 3.00. The van der Waals surface area contributed by atoms with Gasteiger partial charge in [0.1, 0.15) is 17.8 Å². The topological polar surface area (TPSA) is 83.3 Å². The number of H-pyrrole nitrogens is 1. The van der Waals surface area contributed by atoms with Gasteiger partial charge < -0.3 is 10.1 Å². The Morgan fingerprint density at radius 2 is 2.17 bits per heavy atom. The quantitative estimate of drug-likeness (QED) is 0.555. The van der Waals surface area contributed by atoms with Crippen molar-refractivity contribution in [2.45, 2.75) is 13.8 Å². The number of carbonyl (C=O) groups excluding carboxylic acids is 1. The van der Waals surface area contributed by atoms with E-state index in [0.717, 1.165) is 5.56 Å². The number of aryl methyl sites for hydroxylation is 1. The number of ketones is 1. The Labute approximate surface area is 135 Å². The van der Waals surface area contributed by atoms with Crippen LogP contribution in [0.4, 0.5) is 4.39 Å². The number of Topliss-reactive ketones (excluding diaryl/α,β-unsaturated/α-hetero) is 1. The molecule has 7 heteroatoms. The van der Waals surface area contributed by atoms with Gasteiger partial charge in [-0.25, -0.2) is 13.9 Å². The molecule has 0 unspecified atom stereocenters. The summed E-state index contributed by atoms with van der Waals surface area (Å²) >= 11 is 0. The number of aromatic nitrogens is 4. The van der Waals surface area contributed by atoms with E-state index in [1.54, 1.807) is 16.8 Å². The number of carbonyl (C=O) groups is 1. The Morgan fingerprint density at radius 1 is 1.38 bits per heavy atom. The number of benzene rings is 1. The molecule has 120 valence electrons. The van der Waals surface area contributed by atoms with Gasteiger partial charge in [-0.3, -0.25) is 4.79 Å². The Hall–Kier alpha value is -3.22. The molecule has 0 aliphatic rings. The average Bonchev–Trinajstić information content (AvgIpc) is 3.04. The molecule has 4 aromatic rings. The number of nitrogens with one attached hydrogen (secondary N) is 1. The molecule has 0 fully saturated rings. The van der Waals surface area contributed by atoms with E-state index < -0.39 is 5.82 Å². The van der Waals surface area contributed by atoms with Crippen molar-refractivity contribution in [3.63, 3.8) is 0 Å². The van der Waals surface area contributed by atoms with Gasteiger partial charge >= 0.3 is 0 Å². The highest BCUT2D eigenvalue weighted by atomic mass is 19.1. The van der Waals surface area contributed by atoms with Gasteiger partial charge in [-0.1, -0.05) is 0 Å². The summed E-state index contributed by atoms with van der Waals surface area (Å²) in [4.78, 5) is 18.8. The van der Waals surface area contributed by atoms with Crippen molar-refractivity contribution in [3.8, 4) is 17.1 Å². The lowest BCUT2D eigenvalue weighted by molar-refractivity contribution is 0.101. The SMILES string of the molecule is CC(=O)c1cn2ncnc(-c3c(O)[nH]c4cc(F)ccc34)c2c1C. The van der Waals surface area contributed by atoms with Crippen molar-refractivity contribution in [1.29, 1.82) is 0 Å². The Bertz CT molecular complexity index is 1130. The summed E-state index contributed by atoms with van der Waals surface area (Å²) in [6.45, 7) is 3.30. The van der Waals surface area contributed by atoms with Crippen LogP contribution in [0.25, 0.3) is 27.7 Å². The molecular formula is C17H13FN4O2. The van der Waals surface area contributed by atoms with E-state index in [4.69, 9.17) is 0 Å². The first kappa shape index (κ1) is 14.4. The molecule has 0 aliphatic carbocycles. The van der Waals surface area contributed by atoms with E-state index >= 15 is 0 Å². The lowest BCUT2D eigenvalue weighted by Crippen LogP contribution is -1.95. The minimum absolute atomic E-state index is 0.0748. The summed E-state index contributed by atoms with van der Waals surface area (Å²) in [7, 11) is 0. The Morgan fingerprint density at radius 3 is 2.92 bits per heavy atom. The molecule has 3 heterocycles. The monoisotopic (exact) mass is 324 g/mol. The van der Waals surface area contributed by atoms with Crippen LogP contribution in [0.1, 0.15) is 22.8 Å². The fourth-order valence-electron chi connectivity index (χ4n) is 3.09. The zero-order chi connectivity index (χ0) is 17.0. The largest absolute Gasteiger partial charge is 0.494 e. The van der Waals surface area contributed by atoms with Crippen LogP contribution in [0.2, 0.25) is 0 Å². The standard InChI is InChI=1S/C17H13FN4O2/c1-8-12(9(2)23)6-22-16(8)15(19-7-20-22)14-11-4-3-10(18)5-13(11)21-17(14)24/h3-7,21,24H,1-2H3. The van der Waals surface area contributed by atoms with Crippen molar-refractivity contribution in [1.82, 2.24) is 19.6 Å². The van der Waals surface area contributed by atoms with E-state index in [0.29, 0.717) is 33.2 Å². The highest BCUT2D eigenvalue weighted by molar-refractivity contribution is 6.04. The lowest BCUT2D eigenvalue weighted by atomic mass is 10.1. The maximum absolute atomic E-state index is 13.4. The van der Waals surface area contributed by atoms with Gasteiger partial charge in [-0.2, -0.15) is 5.10 Å². The number of halogens is 1. The second-order valence-electron chi connectivity index (χ2n) is 5.66. The van der Waals surface area contributed by atoms with Crippen molar-refractivity contribution in [2.24, 2.45) is 0 Å². The number of hydrogen-bond donors (Lipinski definition) is 2. The van der Waals surface area contributed by atoms with Gasteiger partial charge in [0.2, 0.25) is 0 Å². The minimum Gasteiger partial charge on any atom is -0.494 e. The zero-order valence-corrected chi connectivity index (χ0v) is 13.0. The number of rotatable bonds is 2. The number of hydrogen-bond acceptors (Lipinski definition) is 4. The van der Waals surface area contributed by atoms with E-state index in [-0.39, 0.29) is 11.7 Å². The third-order valence-corrected chi connectivity index (χ3v) is 4.18. The van der Waals surface area contributed by atoms with Crippen molar-refractivity contribution >= 4 is 22.2 Å². The second kappa shape index (κ2) is 4.89. The first-order chi connectivity index (χ1) is 11.5. The van der Waals surface area contributed by atoms with Crippen molar-refractivity contribution in [3.05, 3.63) is 47.7 Å². The molecule has 2 N–H and O–H groups in total. The van der Waals surface area contributed by atoms with E-state index in [9.17, 15) is 14.3 Å². The van der Waals surface area contributed by atoms with Gasteiger partial charge in [0.05, 0.1) is 16.6 Å². The van der Waals surface area contributed by atoms with Crippen LogP contribution in [0.5, 0.6) is 5.88 Å². The highest BCUT2D eigenvalue weighted by Gasteiger charge is 2.21. The molecule has 0 radical (unpaired) electrons. The van der Waals surface area contributed by atoms with Crippen LogP contribution in [-0.2, 0) is 0 Å². The molecule has 0 saturated heterocycles. The lowest BCUT2D eigenvalue weighted by Gasteiger charge is -2.04. The van der Waals surface area contributed by atoms with Crippen molar-refractivity contribution in [2.75, 3.05) is 0 Å². The first-order valence-electron chi connectivity index (χ1n) is 7.32. The number of aromatic hydroxyl groups is 1. The normalized spacial score (nSPS) is 11.5. The highest BCUT2D eigenvalue weighted by Crippen LogP contribution is 2.38. The van der Waals surface area contributed by atoms with Crippen molar-refractivity contribution < 1.29 is 14.3 Å². The first-order valence-corrected chi connectivity index (χ1v) is 7.32. The summed E-state index contributed by atoms with van der Waals surface area (Å²) < 4.78 is 15.0. The summed E-state index contributed by atoms with van der Waals surface area (Å²) in [5.41, 5.74) is 3.30. The molecule has 0 amide bonds. The van der Waals surface area contributed by atoms with Gasteiger partial charge in [-0.05, 0) is 37.6 Å². The predicted octanol–water partition coefficient (Wildman–Crippen LogP) is 3.23. The maximum atomic E-state index is 13.4. The molecule has 4 rings (SSSR count). The molecule has 0 bridgehead atoms. The van der Waals surface area contributed by atoms with Gasteiger partial charge in [-0.15, -0.1) is 0 Å². The fraction of sp³-hybridized carbons (Fsp3) is 0.118. The average molecular weight is 324 g/mol. The van der Waals surface area contributed by atoms with Crippen LogP contribution >= 0.6 is 0 Å². The number of nitrogens with zero attached hydrogens (tertiary/aromatic N) is 3. The molecule has 6 nitrogen and oxygen atoms in total. The summed E-state index contributed by atoms with van der Waals surface area (Å²) in [5.74, 6) is -0.587. The van der Waals surface area contributed by atoms with Crippen LogP contribution in [0.15, 0.2) is 30.7 Å². The second-order valence-corrected chi connectivity index (χ2v) is 5.66. The molecule has 3 aromatic heterocycles. The van der Waals surface area contributed by atoms with Crippen LogP contribution in [-0.4, -0.2) is 30.5 Å². The maximum Gasteiger partial charge on any atom is 0.199 e. The van der Waals surface area contributed by atoms with E-state index in [2.05, 4.69) is 15.1 Å². The molecule has 0 saturated carbocycles. The van der Waals surface area contributed by atoms with Crippen LogP contribution in [0, 0.1) is 12.7 Å². The third kappa shape index (κ3) is 1.91. The number of fused-ring (bicyclic) bond motifs is 2. The molecule has 0 aliphatic heterocycles. The smallest absolute Gasteiger partial charge is 0.199 e. The minimum atomic E-state index is -0.402. The molecule has 0 spiro atoms. The van der Waals surface area contributed by atoms with Crippen LogP contribution < -0.4 is 0 Å².